The molecule has 0 radical (unpaired) electrons. The summed E-state index contributed by atoms with van der Waals surface area (Å²) in [5.41, 5.74) is 0.816. The van der Waals surface area contributed by atoms with Gasteiger partial charge in [-0.05, 0) is 49.8 Å². The minimum Gasteiger partial charge on any atom is -0.391 e. The molecule has 1 amide bonds. The van der Waals surface area contributed by atoms with Crippen molar-refractivity contribution in [3.8, 4) is 0 Å². The number of hydrogen-bond donors (Lipinski definition) is 2. The van der Waals surface area contributed by atoms with Gasteiger partial charge in [-0.25, -0.2) is 4.39 Å². The Morgan fingerprint density at radius 2 is 2.04 bits per heavy atom. The molecule has 2 N–H and O–H groups in total. The molecule has 2 unspecified atom stereocenters. The van der Waals surface area contributed by atoms with Crippen molar-refractivity contribution >= 4 is 5.91 Å². The van der Waals surface area contributed by atoms with Crippen LogP contribution < -0.4 is 5.32 Å². The van der Waals surface area contributed by atoms with Gasteiger partial charge in [-0.3, -0.25) is 4.79 Å². The molecule has 0 spiro atoms. The number of carbonyl (C=O) groups excluding carboxylic acids is 1. The van der Waals surface area contributed by atoms with Gasteiger partial charge in [0.15, 0.2) is 0 Å². The molecule has 0 aliphatic heterocycles. The molecule has 3 rings (SSSR count). The van der Waals surface area contributed by atoms with Crippen LogP contribution in [0.4, 0.5) is 4.39 Å². The van der Waals surface area contributed by atoms with Crippen LogP contribution in [-0.4, -0.2) is 29.8 Å². The smallest absolute Gasteiger partial charge is 0.251 e. The Balaban J connectivity index is 1.60. The zero-order chi connectivity index (χ0) is 16.2. The van der Waals surface area contributed by atoms with Gasteiger partial charge in [0.25, 0.3) is 5.91 Å². The van der Waals surface area contributed by atoms with Crippen LogP contribution in [0.2, 0.25) is 0 Å². The molecule has 0 saturated heterocycles. The van der Waals surface area contributed by atoms with E-state index in [2.05, 4.69) is 5.32 Å². The van der Waals surface area contributed by atoms with Gasteiger partial charge in [0, 0.05) is 17.7 Å². The van der Waals surface area contributed by atoms with E-state index in [1.54, 1.807) is 6.07 Å². The predicted molar refractivity (Wildman–Crippen MR) is 84.5 cm³/mol. The molecule has 1 aromatic rings. The number of rotatable bonds is 6. The fourth-order valence-corrected chi connectivity index (χ4v) is 2.98. The molecule has 126 valence electrons. The summed E-state index contributed by atoms with van der Waals surface area (Å²) in [6.07, 6.45) is 5.39. The predicted octanol–water partition coefficient (Wildman–Crippen LogP) is 2.79. The Labute approximate surface area is 136 Å². The number of carbonyl (C=O) groups is 1. The quantitative estimate of drug-likeness (QED) is 0.847. The van der Waals surface area contributed by atoms with Gasteiger partial charge in [-0.2, -0.15) is 0 Å². The third kappa shape index (κ3) is 4.52. The number of nitrogens with one attached hydrogen (secondary N) is 1. The molecule has 4 nitrogen and oxygen atoms in total. The van der Waals surface area contributed by atoms with E-state index >= 15 is 0 Å². The summed E-state index contributed by atoms with van der Waals surface area (Å²) in [5, 5.41) is 12.8. The summed E-state index contributed by atoms with van der Waals surface area (Å²) in [5.74, 6) is 0.00627. The van der Waals surface area contributed by atoms with Crippen LogP contribution in [0.15, 0.2) is 18.2 Å². The fraction of sp³-hybridized carbons (Fsp3) is 0.611. The third-order valence-corrected chi connectivity index (χ3v) is 4.66. The first-order valence-corrected chi connectivity index (χ1v) is 8.48. The molecule has 5 heteroatoms. The molecule has 2 saturated carbocycles. The van der Waals surface area contributed by atoms with E-state index in [1.165, 1.54) is 25.0 Å². The molecular formula is C18H24FNO3. The highest BCUT2D eigenvalue weighted by atomic mass is 19.1. The second-order valence-corrected chi connectivity index (χ2v) is 6.70. The second kappa shape index (κ2) is 7.41. The van der Waals surface area contributed by atoms with Crippen molar-refractivity contribution in [2.45, 2.75) is 57.3 Å². The van der Waals surface area contributed by atoms with E-state index in [-0.39, 0.29) is 24.4 Å². The standard InChI is InChI=1S/C18H24FNO3/c19-15-8-7-13(9-14(15)11-23-10-12-5-6-12)18(22)20-16-3-1-2-4-17(16)21/h7-9,12,16-17,21H,1-6,10-11H2,(H,20,22). The minimum atomic E-state index is -0.491. The zero-order valence-corrected chi connectivity index (χ0v) is 13.3. The average Bonchev–Trinajstić information content (AvgIpc) is 3.35. The molecule has 2 atom stereocenters. The molecular weight excluding hydrogens is 297 g/mol. The first-order valence-electron chi connectivity index (χ1n) is 8.48. The lowest BCUT2D eigenvalue weighted by Crippen LogP contribution is -2.45. The Morgan fingerprint density at radius 3 is 2.78 bits per heavy atom. The molecule has 0 aromatic heterocycles. The van der Waals surface area contributed by atoms with Crippen LogP contribution in [0.1, 0.15) is 54.4 Å². The fourth-order valence-electron chi connectivity index (χ4n) is 2.98. The highest BCUT2D eigenvalue weighted by molar-refractivity contribution is 5.94. The number of ether oxygens (including phenoxy) is 1. The number of halogens is 1. The Kier molecular flexibility index (Phi) is 5.28. The lowest BCUT2D eigenvalue weighted by molar-refractivity contribution is 0.0716. The molecule has 2 aliphatic rings. The van der Waals surface area contributed by atoms with Crippen LogP contribution in [0.5, 0.6) is 0 Å². The van der Waals surface area contributed by atoms with Crippen molar-refractivity contribution in [1.29, 1.82) is 0 Å². The topological polar surface area (TPSA) is 58.6 Å². The highest BCUT2D eigenvalue weighted by Gasteiger charge is 2.25. The first-order chi connectivity index (χ1) is 11.1. The van der Waals surface area contributed by atoms with E-state index in [1.807, 2.05) is 0 Å². The first kappa shape index (κ1) is 16.4. The Bertz CT molecular complexity index is 559. The van der Waals surface area contributed by atoms with Crippen molar-refractivity contribution in [1.82, 2.24) is 5.32 Å². The van der Waals surface area contributed by atoms with Crippen LogP contribution in [0.3, 0.4) is 0 Å². The van der Waals surface area contributed by atoms with Gasteiger partial charge in [0.2, 0.25) is 0 Å². The lowest BCUT2D eigenvalue weighted by atomic mass is 9.92. The largest absolute Gasteiger partial charge is 0.391 e. The summed E-state index contributed by atoms with van der Waals surface area (Å²) in [4.78, 5) is 12.3. The zero-order valence-electron chi connectivity index (χ0n) is 13.3. The number of benzene rings is 1. The summed E-state index contributed by atoms with van der Waals surface area (Å²) in [6, 6.07) is 4.12. The van der Waals surface area contributed by atoms with Crippen molar-refractivity contribution in [3.63, 3.8) is 0 Å². The number of hydrogen-bond acceptors (Lipinski definition) is 3. The summed E-state index contributed by atoms with van der Waals surface area (Å²) >= 11 is 0. The van der Waals surface area contributed by atoms with E-state index < -0.39 is 6.10 Å². The Hall–Kier alpha value is -1.46. The minimum absolute atomic E-state index is 0.190. The van der Waals surface area contributed by atoms with Gasteiger partial charge < -0.3 is 15.2 Å². The molecule has 0 heterocycles. The van der Waals surface area contributed by atoms with Crippen LogP contribution in [-0.2, 0) is 11.3 Å². The molecule has 23 heavy (non-hydrogen) atoms. The summed E-state index contributed by atoms with van der Waals surface area (Å²) in [7, 11) is 0. The number of aliphatic hydroxyl groups is 1. The monoisotopic (exact) mass is 321 g/mol. The third-order valence-electron chi connectivity index (χ3n) is 4.66. The lowest BCUT2D eigenvalue weighted by Gasteiger charge is -2.28. The SMILES string of the molecule is O=C(NC1CCCCC1O)c1ccc(F)c(COCC2CC2)c1. The van der Waals surface area contributed by atoms with Crippen LogP contribution in [0.25, 0.3) is 0 Å². The average molecular weight is 321 g/mol. The van der Waals surface area contributed by atoms with E-state index in [9.17, 15) is 14.3 Å². The maximum absolute atomic E-state index is 13.8. The van der Waals surface area contributed by atoms with Crippen LogP contribution >= 0.6 is 0 Å². The molecule has 0 bridgehead atoms. The molecule has 1 aromatic carbocycles. The number of aliphatic hydroxyl groups excluding tert-OH is 1. The van der Waals surface area contributed by atoms with Crippen molar-refractivity contribution in [3.05, 3.63) is 35.1 Å². The maximum atomic E-state index is 13.8. The van der Waals surface area contributed by atoms with E-state index in [0.29, 0.717) is 30.1 Å². The van der Waals surface area contributed by atoms with Crippen molar-refractivity contribution in [2.24, 2.45) is 5.92 Å². The van der Waals surface area contributed by atoms with Gasteiger partial charge in [-0.1, -0.05) is 12.8 Å². The van der Waals surface area contributed by atoms with E-state index in [0.717, 1.165) is 19.3 Å². The van der Waals surface area contributed by atoms with E-state index in [4.69, 9.17) is 4.74 Å². The van der Waals surface area contributed by atoms with Gasteiger partial charge in [-0.15, -0.1) is 0 Å². The summed E-state index contributed by atoms with van der Waals surface area (Å²) < 4.78 is 19.4. The maximum Gasteiger partial charge on any atom is 0.251 e. The highest BCUT2D eigenvalue weighted by Crippen LogP contribution is 2.29. The Morgan fingerprint density at radius 1 is 1.26 bits per heavy atom. The normalized spacial score (nSPS) is 24.4. The molecule has 2 fully saturated rings. The summed E-state index contributed by atoms with van der Waals surface area (Å²) in [6.45, 7) is 0.847. The van der Waals surface area contributed by atoms with Crippen molar-refractivity contribution in [2.75, 3.05) is 6.61 Å². The molecule has 2 aliphatic carbocycles. The van der Waals surface area contributed by atoms with Gasteiger partial charge in [0.1, 0.15) is 5.82 Å². The number of amides is 1. The van der Waals surface area contributed by atoms with Crippen molar-refractivity contribution < 1.29 is 19.0 Å². The van der Waals surface area contributed by atoms with Crippen LogP contribution in [0, 0.1) is 11.7 Å². The van der Waals surface area contributed by atoms with Gasteiger partial charge in [0.05, 0.1) is 18.8 Å². The second-order valence-electron chi connectivity index (χ2n) is 6.70. The van der Waals surface area contributed by atoms with Gasteiger partial charge >= 0.3 is 0 Å².